The lowest BCUT2D eigenvalue weighted by Gasteiger charge is -2.04. The maximum Gasteiger partial charge on any atom is 0.266 e. The standard InChI is InChI=1S/C17H13BrN2O2/c1-22-16-8-2-12(3-9-16)10-13(11-19)17(21)20-15-6-4-14(18)5-7-15/h2-10H,1H3,(H,20,21). The lowest BCUT2D eigenvalue weighted by atomic mass is 10.1. The molecule has 0 heterocycles. The molecule has 0 saturated carbocycles. The number of hydrogen-bond acceptors (Lipinski definition) is 3. The zero-order chi connectivity index (χ0) is 15.9. The highest BCUT2D eigenvalue weighted by Crippen LogP contribution is 2.17. The molecule has 2 aromatic rings. The second-order valence-electron chi connectivity index (χ2n) is 4.40. The van der Waals surface area contributed by atoms with Crippen molar-refractivity contribution >= 4 is 33.6 Å². The van der Waals surface area contributed by atoms with Crippen LogP contribution >= 0.6 is 15.9 Å². The number of hydrogen-bond donors (Lipinski definition) is 1. The minimum atomic E-state index is -0.444. The van der Waals surface area contributed by atoms with Gasteiger partial charge >= 0.3 is 0 Å². The summed E-state index contributed by atoms with van der Waals surface area (Å²) in [5.74, 6) is 0.274. The Morgan fingerprint density at radius 1 is 1.18 bits per heavy atom. The third-order valence-electron chi connectivity index (χ3n) is 2.89. The third-order valence-corrected chi connectivity index (χ3v) is 3.42. The molecule has 0 radical (unpaired) electrons. The lowest BCUT2D eigenvalue weighted by molar-refractivity contribution is -0.112. The minimum absolute atomic E-state index is 0.0353. The number of methoxy groups -OCH3 is 1. The Kier molecular flexibility index (Phi) is 5.34. The predicted octanol–water partition coefficient (Wildman–Crippen LogP) is 4.00. The first-order valence-electron chi connectivity index (χ1n) is 6.45. The highest BCUT2D eigenvalue weighted by atomic mass is 79.9. The summed E-state index contributed by atoms with van der Waals surface area (Å²) >= 11 is 3.32. The number of halogens is 1. The van der Waals surface area contributed by atoms with E-state index < -0.39 is 5.91 Å². The molecule has 0 aliphatic carbocycles. The predicted molar refractivity (Wildman–Crippen MR) is 89.4 cm³/mol. The molecular weight excluding hydrogens is 344 g/mol. The van der Waals surface area contributed by atoms with E-state index in [0.717, 1.165) is 15.8 Å². The lowest BCUT2D eigenvalue weighted by Crippen LogP contribution is -2.13. The molecule has 2 aromatic carbocycles. The second-order valence-corrected chi connectivity index (χ2v) is 5.32. The van der Waals surface area contributed by atoms with Gasteiger partial charge in [0.15, 0.2) is 0 Å². The Hall–Kier alpha value is -2.58. The van der Waals surface area contributed by atoms with Crippen LogP contribution in [0, 0.1) is 11.3 Å². The molecule has 5 heteroatoms. The number of nitrogens with one attached hydrogen (secondary N) is 1. The third kappa shape index (κ3) is 4.21. The van der Waals surface area contributed by atoms with Crippen molar-refractivity contribution in [2.24, 2.45) is 0 Å². The topological polar surface area (TPSA) is 62.1 Å². The van der Waals surface area contributed by atoms with E-state index in [1.807, 2.05) is 18.2 Å². The van der Waals surface area contributed by atoms with Crippen molar-refractivity contribution in [1.82, 2.24) is 0 Å². The first kappa shape index (κ1) is 15.8. The first-order valence-corrected chi connectivity index (χ1v) is 7.24. The number of rotatable bonds is 4. The normalized spacial score (nSPS) is 10.7. The van der Waals surface area contributed by atoms with Gasteiger partial charge in [0.1, 0.15) is 17.4 Å². The van der Waals surface area contributed by atoms with Gasteiger partial charge in [0, 0.05) is 10.2 Å². The van der Waals surface area contributed by atoms with Gasteiger partial charge in [-0.3, -0.25) is 4.79 Å². The van der Waals surface area contributed by atoms with Crippen LogP contribution in [0.1, 0.15) is 5.56 Å². The maximum absolute atomic E-state index is 12.1. The fraction of sp³-hybridized carbons (Fsp3) is 0.0588. The summed E-state index contributed by atoms with van der Waals surface area (Å²) in [6.07, 6.45) is 1.54. The SMILES string of the molecule is COc1ccc(C=C(C#N)C(=O)Nc2ccc(Br)cc2)cc1. The summed E-state index contributed by atoms with van der Waals surface area (Å²) in [6.45, 7) is 0. The second kappa shape index (κ2) is 7.43. The molecule has 4 nitrogen and oxygen atoms in total. The van der Waals surface area contributed by atoms with Crippen LogP contribution in [-0.2, 0) is 4.79 Å². The largest absolute Gasteiger partial charge is 0.497 e. The van der Waals surface area contributed by atoms with Crippen molar-refractivity contribution in [3.63, 3.8) is 0 Å². The van der Waals surface area contributed by atoms with E-state index in [9.17, 15) is 4.79 Å². The first-order chi connectivity index (χ1) is 10.6. The highest BCUT2D eigenvalue weighted by molar-refractivity contribution is 9.10. The quantitative estimate of drug-likeness (QED) is 0.665. The van der Waals surface area contributed by atoms with Gasteiger partial charge in [0.2, 0.25) is 0 Å². The van der Waals surface area contributed by atoms with Gasteiger partial charge in [-0.1, -0.05) is 28.1 Å². The molecule has 1 amide bonds. The van der Waals surface area contributed by atoms with E-state index in [0.29, 0.717) is 5.69 Å². The minimum Gasteiger partial charge on any atom is -0.497 e. The van der Waals surface area contributed by atoms with E-state index in [2.05, 4.69) is 21.2 Å². The summed E-state index contributed by atoms with van der Waals surface area (Å²) < 4.78 is 5.98. The van der Waals surface area contributed by atoms with E-state index in [4.69, 9.17) is 10.00 Å². The van der Waals surface area contributed by atoms with Crippen molar-refractivity contribution in [2.45, 2.75) is 0 Å². The number of benzene rings is 2. The molecule has 0 aromatic heterocycles. The average Bonchev–Trinajstić information content (AvgIpc) is 2.55. The summed E-state index contributed by atoms with van der Waals surface area (Å²) in [7, 11) is 1.58. The Morgan fingerprint density at radius 3 is 2.36 bits per heavy atom. The molecule has 0 aliphatic rings. The number of carbonyl (C=O) groups is 1. The van der Waals surface area contributed by atoms with Crippen LogP contribution in [0.4, 0.5) is 5.69 Å². The van der Waals surface area contributed by atoms with Crippen molar-refractivity contribution in [3.8, 4) is 11.8 Å². The Labute approximate surface area is 137 Å². The summed E-state index contributed by atoms with van der Waals surface area (Å²) in [6, 6.07) is 16.2. The van der Waals surface area contributed by atoms with Crippen LogP contribution in [-0.4, -0.2) is 13.0 Å². The van der Waals surface area contributed by atoms with E-state index in [1.165, 1.54) is 6.08 Å². The van der Waals surface area contributed by atoms with Crippen molar-refractivity contribution in [1.29, 1.82) is 5.26 Å². The molecule has 0 aliphatic heterocycles. The highest BCUT2D eigenvalue weighted by Gasteiger charge is 2.09. The van der Waals surface area contributed by atoms with Gasteiger partial charge in [-0.25, -0.2) is 0 Å². The van der Waals surface area contributed by atoms with Crippen molar-refractivity contribution in [3.05, 3.63) is 64.1 Å². The van der Waals surface area contributed by atoms with E-state index in [1.54, 1.807) is 43.5 Å². The molecule has 0 fully saturated rings. The van der Waals surface area contributed by atoms with E-state index >= 15 is 0 Å². The van der Waals surface area contributed by atoms with Gasteiger partial charge in [-0.15, -0.1) is 0 Å². The van der Waals surface area contributed by atoms with Gasteiger partial charge in [-0.2, -0.15) is 5.26 Å². The number of nitrogens with zero attached hydrogens (tertiary/aromatic N) is 1. The molecule has 0 unspecified atom stereocenters. The molecule has 0 bridgehead atoms. The molecule has 0 atom stereocenters. The fourth-order valence-electron chi connectivity index (χ4n) is 1.75. The zero-order valence-electron chi connectivity index (χ0n) is 11.8. The number of carbonyl (C=O) groups excluding carboxylic acids is 1. The Bertz CT molecular complexity index is 729. The van der Waals surface area contributed by atoms with Gasteiger partial charge in [0.25, 0.3) is 5.91 Å². The number of ether oxygens (including phenoxy) is 1. The average molecular weight is 357 g/mol. The van der Waals surface area contributed by atoms with Crippen LogP contribution in [0.3, 0.4) is 0 Å². The van der Waals surface area contributed by atoms with Gasteiger partial charge in [0.05, 0.1) is 7.11 Å². The van der Waals surface area contributed by atoms with Crippen molar-refractivity contribution in [2.75, 3.05) is 12.4 Å². The van der Waals surface area contributed by atoms with Crippen LogP contribution in [0.2, 0.25) is 0 Å². The molecule has 110 valence electrons. The molecule has 2 rings (SSSR count). The molecule has 1 N–H and O–H groups in total. The fourth-order valence-corrected chi connectivity index (χ4v) is 2.01. The summed E-state index contributed by atoms with van der Waals surface area (Å²) in [5.41, 5.74) is 1.42. The molecule has 22 heavy (non-hydrogen) atoms. The Balaban J connectivity index is 2.15. The molecular formula is C17H13BrN2O2. The zero-order valence-corrected chi connectivity index (χ0v) is 13.4. The van der Waals surface area contributed by atoms with E-state index in [-0.39, 0.29) is 5.57 Å². The van der Waals surface area contributed by atoms with Crippen molar-refractivity contribution < 1.29 is 9.53 Å². The number of amides is 1. The maximum atomic E-state index is 12.1. The number of nitriles is 1. The monoisotopic (exact) mass is 356 g/mol. The number of anilines is 1. The smallest absolute Gasteiger partial charge is 0.266 e. The van der Waals surface area contributed by atoms with Gasteiger partial charge < -0.3 is 10.1 Å². The van der Waals surface area contributed by atoms with Crippen LogP contribution in [0.5, 0.6) is 5.75 Å². The Morgan fingerprint density at radius 2 is 1.82 bits per heavy atom. The molecule has 0 saturated heterocycles. The van der Waals surface area contributed by atoms with Crippen LogP contribution in [0.25, 0.3) is 6.08 Å². The van der Waals surface area contributed by atoms with Crippen LogP contribution in [0.15, 0.2) is 58.6 Å². The van der Waals surface area contributed by atoms with Gasteiger partial charge in [-0.05, 0) is 48.0 Å². The summed E-state index contributed by atoms with van der Waals surface area (Å²) in [4.78, 5) is 12.1. The van der Waals surface area contributed by atoms with Crippen LogP contribution < -0.4 is 10.1 Å². The summed E-state index contributed by atoms with van der Waals surface area (Å²) in [5, 5.41) is 11.9. The molecule has 0 spiro atoms.